The maximum absolute atomic E-state index is 3.41. The van der Waals surface area contributed by atoms with Crippen LogP contribution in [-0.4, -0.2) is 22.8 Å². The van der Waals surface area contributed by atoms with Gasteiger partial charge in [0.2, 0.25) is 0 Å². The van der Waals surface area contributed by atoms with Gasteiger partial charge in [-0.15, -0.1) is 0 Å². The molecule has 0 unspecified atom stereocenters. The Labute approximate surface area is 89.2 Å². The van der Waals surface area contributed by atoms with E-state index in [9.17, 15) is 0 Å². The molecule has 1 saturated heterocycles. The zero-order valence-electron chi connectivity index (χ0n) is 8.69. The van der Waals surface area contributed by atoms with Crippen LogP contribution in [0.4, 0.5) is 0 Å². The standard InChI is InChI=1S/C12H15N3/c1-2-6-12-11(5-1)7-10-15(12)13-14-8-3-4-9-14/h1-2,5-7,10,13H,3-4,8-9H2. The SMILES string of the molecule is c1ccc2c(c1)ccn2NN1CCCC1. The molecule has 0 atom stereocenters. The van der Waals surface area contributed by atoms with Crippen LogP contribution in [0.2, 0.25) is 0 Å². The maximum atomic E-state index is 3.41. The Morgan fingerprint density at radius 3 is 2.67 bits per heavy atom. The van der Waals surface area contributed by atoms with E-state index in [1.54, 1.807) is 0 Å². The highest BCUT2D eigenvalue weighted by Gasteiger charge is 2.11. The predicted octanol–water partition coefficient (Wildman–Crippen LogP) is 2.20. The highest BCUT2D eigenvalue weighted by atomic mass is 15.7. The molecule has 2 heterocycles. The molecular weight excluding hydrogens is 186 g/mol. The van der Waals surface area contributed by atoms with Crippen LogP contribution >= 0.6 is 0 Å². The molecule has 1 aromatic heterocycles. The van der Waals surface area contributed by atoms with Crippen molar-refractivity contribution in [1.29, 1.82) is 0 Å². The number of benzene rings is 1. The van der Waals surface area contributed by atoms with E-state index in [2.05, 4.69) is 51.7 Å². The van der Waals surface area contributed by atoms with Gasteiger partial charge in [0, 0.05) is 24.7 Å². The molecule has 78 valence electrons. The summed E-state index contributed by atoms with van der Waals surface area (Å²) >= 11 is 0. The zero-order chi connectivity index (χ0) is 10.1. The number of rotatable bonds is 2. The van der Waals surface area contributed by atoms with E-state index in [0.29, 0.717) is 0 Å². The van der Waals surface area contributed by atoms with E-state index in [1.165, 1.54) is 23.7 Å². The van der Waals surface area contributed by atoms with E-state index in [-0.39, 0.29) is 0 Å². The lowest BCUT2D eigenvalue weighted by molar-refractivity contribution is 0.360. The number of hydrazine groups is 1. The smallest absolute Gasteiger partial charge is 0.0707 e. The summed E-state index contributed by atoms with van der Waals surface area (Å²) in [6.07, 6.45) is 4.68. The summed E-state index contributed by atoms with van der Waals surface area (Å²) in [5.74, 6) is 0. The molecule has 0 amide bonds. The minimum Gasteiger partial charge on any atom is -0.256 e. The van der Waals surface area contributed by atoms with Gasteiger partial charge < -0.3 is 0 Å². The first-order chi connectivity index (χ1) is 7.43. The van der Waals surface area contributed by atoms with Crippen LogP contribution in [0.25, 0.3) is 10.9 Å². The van der Waals surface area contributed by atoms with E-state index in [4.69, 9.17) is 0 Å². The lowest BCUT2D eigenvalue weighted by Gasteiger charge is -2.19. The lowest BCUT2D eigenvalue weighted by atomic mass is 10.3. The highest BCUT2D eigenvalue weighted by molar-refractivity contribution is 5.80. The molecule has 0 radical (unpaired) electrons. The van der Waals surface area contributed by atoms with Crippen LogP contribution < -0.4 is 5.53 Å². The van der Waals surface area contributed by atoms with Gasteiger partial charge in [0.1, 0.15) is 0 Å². The number of nitrogens with one attached hydrogen (secondary N) is 1. The van der Waals surface area contributed by atoms with Crippen molar-refractivity contribution in [3.05, 3.63) is 36.5 Å². The van der Waals surface area contributed by atoms with Crippen LogP contribution in [0.1, 0.15) is 12.8 Å². The molecule has 1 aliphatic rings. The Kier molecular flexibility index (Phi) is 2.10. The summed E-state index contributed by atoms with van der Waals surface area (Å²) in [5, 5.41) is 3.55. The normalized spacial score (nSPS) is 17.3. The fraction of sp³-hybridized carbons (Fsp3) is 0.333. The van der Waals surface area contributed by atoms with Gasteiger partial charge in [-0.25, -0.2) is 5.01 Å². The minimum atomic E-state index is 1.15. The van der Waals surface area contributed by atoms with Crippen molar-refractivity contribution in [1.82, 2.24) is 9.69 Å². The lowest BCUT2D eigenvalue weighted by Crippen LogP contribution is -2.33. The Morgan fingerprint density at radius 1 is 1.00 bits per heavy atom. The third-order valence-corrected chi connectivity index (χ3v) is 2.95. The molecular formula is C12H15N3. The molecule has 3 heteroatoms. The number of hydrogen-bond donors (Lipinski definition) is 1. The van der Waals surface area contributed by atoms with Crippen LogP contribution in [0.5, 0.6) is 0 Å². The summed E-state index contributed by atoms with van der Waals surface area (Å²) in [5.41, 5.74) is 4.65. The third kappa shape index (κ3) is 1.59. The molecule has 0 aliphatic carbocycles. The summed E-state index contributed by atoms with van der Waals surface area (Å²) in [6, 6.07) is 10.6. The van der Waals surface area contributed by atoms with Gasteiger partial charge in [-0.1, -0.05) is 18.2 Å². The first-order valence-electron chi connectivity index (χ1n) is 5.51. The molecule has 1 aromatic carbocycles. The van der Waals surface area contributed by atoms with Crippen LogP contribution in [-0.2, 0) is 0 Å². The molecule has 2 aromatic rings. The number of hydrogen-bond acceptors (Lipinski definition) is 2. The molecule has 1 N–H and O–H groups in total. The number of aromatic nitrogens is 1. The second-order valence-electron chi connectivity index (χ2n) is 4.04. The van der Waals surface area contributed by atoms with E-state index in [0.717, 1.165) is 13.1 Å². The van der Waals surface area contributed by atoms with Gasteiger partial charge >= 0.3 is 0 Å². The molecule has 3 rings (SSSR count). The average molecular weight is 201 g/mol. The summed E-state index contributed by atoms with van der Waals surface area (Å²) in [4.78, 5) is 0. The summed E-state index contributed by atoms with van der Waals surface area (Å²) in [6.45, 7) is 2.29. The van der Waals surface area contributed by atoms with Gasteiger partial charge in [-0.3, -0.25) is 10.2 Å². The van der Waals surface area contributed by atoms with Crippen LogP contribution in [0, 0.1) is 0 Å². The number of fused-ring (bicyclic) bond motifs is 1. The van der Waals surface area contributed by atoms with E-state index in [1.807, 2.05) is 0 Å². The molecule has 15 heavy (non-hydrogen) atoms. The van der Waals surface area contributed by atoms with Crippen molar-refractivity contribution >= 4 is 10.9 Å². The van der Waals surface area contributed by atoms with Crippen LogP contribution in [0.3, 0.4) is 0 Å². The first kappa shape index (κ1) is 8.80. The Morgan fingerprint density at radius 2 is 1.80 bits per heavy atom. The second kappa shape index (κ2) is 3.59. The molecule has 1 aliphatic heterocycles. The molecule has 0 bridgehead atoms. The molecule has 0 spiro atoms. The second-order valence-corrected chi connectivity index (χ2v) is 4.04. The van der Waals surface area contributed by atoms with Gasteiger partial charge in [0.25, 0.3) is 0 Å². The van der Waals surface area contributed by atoms with Gasteiger partial charge in [0.05, 0.1) is 5.52 Å². The Bertz CT molecular complexity index is 455. The number of nitrogens with zero attached hydrogens (tertiary/aromatic N) is 2. The highest BCUT2D eigenvalue weighted by Crippen LogP contribution is 2.14. The maximum Gasteiger partial charge on any atom is 0.0707 e. The van der Waals surface area contributed by atoms with Crippen molar-refractivity contribution in [2.24, 2.45) is 0 Å². The van der Waals surface area contributed by atoms with E-state index < -0.39 is 0 Å². The summed E-state index contributed by atoms with van der Waals surface area (Å²) < 4.78 is 2.10. The minimum absolute atomic E-state index is 1.15. The first-order valence-corrected chi connectivity index (χ1v) is 5.51. The van der Waals surface area contributed by atoms with Gasteiger partial charge in [-0.05, 0) is 25.0 Å². The molecule has 1 fully saturated rings. The number of para-hydroxylation sites is 1. The molecule has 0 saturated carbocycles. The monoisotopic (exact) mass is 201 g/mol. The van der Waals surface area contributed by atoms with Gasteiger partial charge in [0.15, 0.2) is 0 Å². The van der Waals surface area contributed by atoms with Crippen molar-refractivity contribution in [2.75, 3.05) is 18.6 Å². The van der Waals surface area contributed by atoms with Crippen LogP contribution in [0.15, 0.2) is 36.5 Å². The Balaban J connectivity index is 1.90. The van der Waals surface area contributed by atoms with Gasteiger partial charge in [-0.2, -0.15) is 0 Å². The topological polar surface area (TPSA) is 20.2 Å². The van der Waals surface area contributed by atoms with Crippen molar-refractivity contribution in [2.45, 2.75) is 12.8 Å². The van der Waals surface area contributed by atoms with Crippen molar-refractivity contribution in [3.8, 4) is 0 Å². The summed E-state index contributed by atoms with van der Waals surface area (Å²) in [7, 11) is 0. The average Bonchev–Trinajstić information content (AvgIpc) is 2.89. The van der Waals surface area contributed by atoms with E-state index >= 15 is 0 Å². The Hall–Kier alpha value is -1.48. The predicted molar refractivity (Wildman–Crippen MR) is 62.1 cm³/mol. The fourth-order valence-electron chi connectivity index (χ4n) is 2.14. The van der Waals surface area contributed by atoms with Crippen molar-refractivity contribution < 1.29 is 0 Å². The fourth-order valence-corrected chi connectivity index (χ4v) is 2.14. The quantitative estimate of drug-likeness (QED) is 0.803. The third-order valence-electron chi connectivity index (χ3n) is 2.95. The molecule has 3 nitrogen and oxygen atoms in total. The van der Waals surface area contributed by atoms with Crippen molar-refractivity contribution in [3.63, 3.8) is 0 Å². The zero-order valence-corrected chi connectivity index (χ0v) is 8.69. The largest absolute Gasteiger partial charge is 0.256 e.